The average Bonchev–Trinajstić information content (AvgIpc) is 3.41. The Morgan fingerprint density at radius 2 is 1.77 bits per heavy atom. The van der Waals surface area contributed by atoms with Crippen LogP contribution in [0.5, 0.6) is 5.75 Å². The highest BCUT2D eigenvalue weighted by atomic mass is 16.5. The Balaban J connectivity index is 1.16. The number of nitrogens with zero attached hydrogens (tertiary/aromatic N) is 4. The molecule has 35 heavy (non-hydrogen) atoms. The van der Waals surface area contributed by atoms with E-state index in [1.54, 1.807) is 0 Å². The summed E-state index contributed by atoms with van der Waals surface area (Å²) < 4.78 is 11.2. The van der Waals surface area contributed by atoms with Gasteiger partial charge in [0.15, 0.2) is 0 Å². The first-order valence-electron chi connectivity index (χ1n) is 12.7. The number of para-hydroxylation sites is 2. The third kappa shape index (κ3) is 5.42. The molecule has 2 aliphatic rings. The number of amides is 2. The molecule has 1 saturated heterocycles. The minimum absolute atomic E-state index is 0.0990. The second-order valence-electron chi connectivity index (χ2n) is 9.17. The Kier molecular flexibility index (Phi) is 7.16. The molecule has 184 valence electrons. The molecule has 1 N–H and O–H groups in total. The molecule has 1 aromatic heterocycles. The Morgan fingerprint density at radius 1 is 1.03 bits per heavy atom. The van der Waals surface area contributed by atoms with Crippen LogP contribution in [0.4, 0.5) is 16.2 Å². The lowest BCUT2D eigenvalue weighted by Crippen LogP contribution is -2.50. The molecule has 0 radical (unpaired) electrons. The van der Waals surface area contributed by atoms with E-state index in [0.29, 0.717) is 42.9 Å². The number of urea groups is 1. The number of carbonyl (C=O) groups excluding carboxylic acids is 1. The van der Waals surface area contributed by atoms with Gasteiger partial charge in [-0.3, -0.25) is 0 Å². The summed E-state index contributed by atoms with van der Waals surface area (Å²) in [5.41, 5.74) is 2.79. The van der Waals surface area contributed by atoms with Gasteiger partial charge in [0.25, 0.3) is 0 Å². The minimum atomic E-state index is -0.0990. The van der Waals surface area contributed by atoms with Crippen LogP contribution in [0.3, 0.4) is 0 Å². The molecule has 8 nitrogen and oxygen atoms in total. The van der Waals surface area contributed by atoms with Crippen LogP contribution >= 0.6 is 0 Å². The first-order chi connectivity index (χ1) is 17.2. The lowest BCUT2D eigenvalue weighted by Gasteiger charge is -2.36. The van der Waals surface area contributed by atoms with Crippen LogP contribution in [0.1, 0.15) is 50.8 Å². The van der Waals surface area contributed by atoms with Gasteiger partial charge in [0.2, 0.25) is 11.7 Å². The minimum Gasteiger partial charge on any atom is -0.492 e. The molecular weight excluding hydrogens is 442 g/mol. The Hall–Kier alpha value is -3.55. The van der Waals surface area contributed by atoms with Crippen molar-refractivity contribution in [3.05, 3.63) is 54.4 Å². The molecule has 0 bridgehead atoms. The van der Waals surface area contributed by atoms with Gasteiger partial charge in [-0.05, 0) is 56.2 Å². The number of nitrogens with one attached hydrogen (secondary N) is 1. The summed E-state index contributed by atoms with van der Waals surface area (Å²) in [6, 6.07) is 15.7. The number of benzene rings is 2. The van der Waals surface area contributed by atoms with E-state index < -0.39 is 0 Å². The SMILES string of the molecule is CCOc1ccccc1NC(=O)N1CCN(c2ccc(-c3noc(C4CCCCC4)n3)cc2)CC1. The van der Waals surface area contributed by atoms with Gasteiger partial charge in [-0.25, -0.2) is 4.79 Å². The van der Waals surface area contributed by atoms with E-state index in [1.165, 1.54) is 19.3 Å². The predicted molar refractivity (Wildman–Crippen MR) is 136 cm³/mol. The van der Waals surface area contributed by atoms with E-state index in [9.17, 15) is 4.79 Å². The zero-order valence-corrected chi connectivity index (χ0v) is 20.3. The second-order valence-corrected chi connectivity index (χ2v) is 9.17. The first kappa shape index (κ1) is 23.2. The molecular formula is C27H33N5O3. The lowest BCUT2D eigenvalue weighted by molar-refractivity contribution is 0.208. The smallest absolute Gasteiger partial charge is 0.322 e. The lowest BCUT2D eigenvalue weighted by atomic mass is 9.89. The van der Waals surface area contributed by atoms with E-state index in [4.69, 9.17) is 9.26 Å². The van der Waals surface area contributed by atoms with Crippen molar-refractivity contribution in [2.45, 2.75) is 44.9 Å². The normalized spacial score (nSPS) is 16.8. The molecule has 2 heterocycles. The van der Waals surface area contributed by atoms with Crippen LogP contribution in [0.2, 0.25) is 0 Å². The molecule has 1 aliphatic carbocycles. The highest BCUT2D eigenvalue weighted by Gasteiger charge is 2.24. The zero-order chi connectivity index (χ0) is 24.0. The topological polar surface area (TPSA) is 83.7 Å². The van der Waals surface area contributed by atoms with Crippen LogP contribution in [0.15, 0.2) is 53.1 Å². The Labute approximate surface area is 206 Å². The van der Waals surface area contributed by atoms with Crippen molar-refractivity contribution >= 4 is 17.4 Å². The Morgan fingerprint density at radius 3 is 2.51 bits per heavy atom. The average molecular weight is 476 g/mol. The summed E-state index contributed by atoms with van der Waals surface area (Å²) in [4.78, 5) is 21.6. The largest absolute Gasteiger partial charge is 0.492 e. The number of anilines is 2. The van der Waals surface area contributed by atoms with Crippen molar-refractivity contribution < 1.29 is 14.1 Å². The molecule has 0 spiro atoms. The summed E-state index contributed by atoms with van der Waals surface area (Å²) in [7, 11) is 0. The number of hydrogen-bond acceptors (Lipinski definition) is 6. The Bertz CT molecular complexity index is 1120. The van der Waals surface area contributed by atoms with Gasteiger partial charge in [0.1, 0.15) is 5.75 Å². The van der Waals surface area contributed by atoms with Gasteiger partial charge in [0.05, 0.1) is 12.3 Å². The van der Waals surface area contributed by atoms with E-state index in [1.807, 2.05) is 36.1 Å². The monoisotopic (exact) mass is 475 g/mol. The van der Waals surface area contributed by atoms with Crippen LogP contribution in [0, 0.1) is 0 Å². The summed E-state index contributed by atoms with van der Waals surface area (Å²) in [5.74, 6) is 2.54. The summed E-state index contributed by atoms with van der Waals surface area (Å²) in [6.07, 6.45) is 6.08. The molecule has 1 aliphatic heterocycles. The maximum absolute atomic E-state index is 12.8. The van der Waals surface area contributed by atoms with Gasteiger partial charge < -0.3 is 24.4 Å². The molecule has 0 unspecified atom stereocenters. The zero-order valence-electron chi connectivity index (χ0n) is 20.3. The van der Waals surface area contributed by atoms with Gasteiger partial charge in [-0.15, -0.1) is 0 Å². The van der Waals surface area contributed by atoms with E-state index in [0.717, 1.165) is 43.1 Å². The molecule has 2 aromatic carbocycles. The molecule has 0 atom stereocenters. The molecule has 8 heteroatoms. The van der Waals surface area contributed by atoms with Crippen LogP contribution in [-0.4, -0.2) is 53.9 Å². The van der Waals surface area contributed by atoms with E-state index in [2.05, 4.69) is 44.6 Å². The van der Waals surface area contributed by atoms with Crippen molar-refractivity contribution in [2.24, 2.45) is 0 Å². The van der Waals surface area contributed by atoms with Crippen molar-refractivity contribution in [1.29, 1.82) is 0 Å². The van der Waals surface area contributed by atoms with Crippen molar-refractivity contribution in [3.8, 4) is 17.1 Å². The molecule has 1 saturated carbocycles. The van der Waals surface area contributed by atoms with Crippen LogP contribution in [0.25, 0.3) is 11.4 Å². The van der Waals surface area contributed by atoms with Crippen molar-refractivity contribution in [2.75, 3.05) is 43.0 Å². The molecule has 2 amide bonds. The second kappa shape index (κ2) is 10.8. The fraction of sp³-hybridized carbons (Fsp3) is 0.444. The summed E-state index contributed by atoms with van der Waals surface area (Å²) in [6.45, 7) is 5.34. The number of piperazine rings is 1. The fourth-order valence-electron chi connectivity index (χ4n) is 4.90. The quantitative estimate of drug-likeness (QED) is 0.504. The van der Waals surface area contributed by atoms with Gasteiger partial charge in [-0.1, -0.05) is 36.6 Å². The van der Waals surface area contributed by atoms with Crippen molar-refractivity contribution in [3.63, 3.8) is 0 Å². The maximum Gasteiger partial charge on any atom is 0.322 e. The van der Waals surface area contributed by atoms with E-state index >= 15 is 0 Å². The maximum atomic E-state index is 12.8. The van der Waals surface area contributed by atoms with Crippen molar-refractivity contribution in [1.82, 2.24) is 15.0 Å². The highest BCUT2D eigenvalue weighted by Crippen LogP contribution is 2.33. The molecule has 2 fully saturated rings. The molecule has 5 rings (SSSR count). The summed E-state index contributed by atoms with van der Waals surface area (Å²) in [5, 5.41) is 7.22. The third-order valence-electron chi connectivity index (χ3n) is 6.88. The van der Waals surface area contributed by atoms with Crippen LogP contribution in [-0.2, 0) is 0 Å². The number of aromatic nitrogens is 2. The molecule has 3 aromatic rings. The summed E-state index contributed by atoms with van der Waals surface area (Å²) >= 11 is 0. The van der Waals surface area contributed by atoms with Gasteiger partial charge in [0, 0.05) is 43.3 Å². The highest BCUT2D eigenvalue weighted by molar-refractivity contribution is 5.91. The van der Waals surface area contributed by atoms with Crippen LogP contribution < -0.4 is 15.0 Å². The number of rotatable bonds is 6. The van der Waals surface area contributed by atoms with E-state index in [-0.39, 0.29) is 6.03 Å². The third-order valence-corrected chi connectivity index (χ3v) is 6.88. The predicted octanol–water partition coefficient (Wildman–Crippen LogP) is 5.54. The fourth-order valence-corrected chi connectivity index (χ4v) is 4.90. The first-order valence-corrected chi connectivity index (χ1v) is 12.7. The number of hydrogen-bond donors (Lipinski definition) is 1. The number of ether oxygens (including phenoxy) is 1. The van der Waals surface area contributed by atoms with Gasteiger partial charge in [-0.2, -0.15) is 4.98 Å². The number of carbonyl (C=O) groups is 1. The van der Waals surface area contributed by atoms with Gasteiger partial charge >= 0.3 is 6.03 Å². The standard InChI is InChI=1S/C27H33N5O3/c1-2-34-24-11-7-6-10-23(24)28-27(33)32-18-16-31(17-19-32)22-14-12-20(13-15-22)25-29-26(35-30-25)21-8-4-3-5-9-21/h6-7,10-15,21H,2-5,8-9,16-19H2,1H3,(H,28,33).